The Balaban J connectivity index is 3.51. The molecule has 10 heteroatoms. The zero-order valence-corrected chi connectivity index (χ0v) is 15.1. The van der Waals surface area contributed by atoms with Gasteiger partial charge in [0, 0.05) is 18.3 Å². The summed E-state index contributed by atoms with van der Waals surface area (Å²) >= 11 is 0. The molecule has 1 rings (SSSR count). The molecule has 0 saturated carbocycles. The van der Waals surface area contributed by atoms with Crippen molar-refractivity contribution in [3.63, 3.8) is 0 Å². The fourth-order valence-electron chi connectivity index (χ4n) is 2.17. The van der Waals surface area contributed by atoms with Gasteiger partial charge in [-0.1, -0.05) is 13.3 Å². The number of hydrogen-bond acceptors (Lipinski definition) is 6. The predicted octanol–water partition coefficient (Wildman–Crippen LogP) is 3.55. The Kier molecular flexibility index (Phi) is 8.07. The molecule has 0 radical (unpaired) electrons. The first-order valence-corrected chi connectivity index (χ1v) is 8.21. The summed E-state index contributed by atoms with van der Waals surface area (Å²) in [6.45, 7) is 4.37. The van der Waals surface area contributed by atoms with Crippen LogP contribution < -0.4 is 0 Å². The molecule has 0 amide bonds. The van der Waals surface area contributed by atoms with E-state index in [9.17, 15) is 32.9 Å². The first kappa shape index (κ1) is 22.3. The summed E-state index contributed by atoms with van der Waals surface area (Å²) in [5, 5.41) is 11.1. The van der Waals surface area contributed by atoms with Crippen LogP contribution >= 0.6 is 0 Å². The standard InChI is InChI=1S/C17H19F3N2O5/c1-4-6-7-27-17(24)10(8-21-5-2)16(23)11-12(18)9(3)13(19)14(20)15(11)22(25)26/h8,10H,4-7H2,1-3H3. The molecule has 0 aliphatic carbocycles. The van der Waals surface area contributed by atoms with Crippen molar-refractivity contribution in [2.24, 2.45) is 10.9 Å². The fourth-order valence-corrected chi connectivity index (χ4v) is 2.17. The van der Waals surface area contributed by atoms with Gasteiger partial charge in [-0.25, -0.2) is 8.78 Å². The Morgan fingerprint density at radius 2 is 1.85 bits per heavy atom. The number of hydrogen-bond donors (Lipinski definition) is 0. The van der Waals surface area contributed by atoms with E-state index in [4.69, 9.17) is 4.74 Å². The minimum atomic E-state index is -1.98. The molecule has 0 N–H and O–H groups in total. The van der Waals surface area contributed by atoms with Gasteiger partial charge in [-0.2, -0.15) is 4.39 Å². The van der Waals surface area contributed by atoms with Gasteiger partial charge in [-0.3, -0.25) is 24.7 Å². The van der Waals surface area contributed by atoms with E-state index in [0.29, 0.717) is 12.8 Å². The van der Waals surface area contributed by atoms with Crippen molar-refractivity contribution in [2.75, 3.05) is 13.2 Å². The van der Waals surface area contributed by atoms with Crippen LogP contribution in [0, 0.1) is 40.4 Å². The number of nitrogens with zero attached hydrogens (tertiary/aromatic N) is 2. The van der Waals surface area contributed by atoms with E-state index in [1.807, 2.05) is 6.92 Å². The van der Waals surface area contributed by atoms with Gasteiger partial charge in [0.05, 0.1) is 11.5 Å². The van der Waals surface area contributed by atoms with Crippen LogP contribution in [0.25, 0.3) is 0 Å². The zero-order chi connectivity index (χ0) is 20.7. The normalized spacial score (nSPS) is 12.2. The number of nitro benzene ring substituents is 1. The Hall–Kier alpha value is -2.78. The first-order chi connectivity index (χ1) is 12.7. The number of carbonyl (C=O) groups excluding carboxylic acids is 2. The Bertz CT molecular complexity index is 781. The predicted molar refractivity (Wildman–Crippen MR) is 90.4 cm³/mol. The van der Waals surface area contributed by atoms with E-state index < -0.39 is 56.9 Å². The maximum atomic E-state index is 14.4. The van der Waals surface area contributed by atoms with Crippen LogP contribution in [0.5, 0.6) is 0 Å². The number of aliphatic imine (C=N–C) groups is 1. The lowest BCUT2D eigenvalue weighted by molar-refractivity contribution is -0.388. The van der Waals surface area contributed by atoms with Crippen molar-refractivity contribution in [3.05, 3.63) is 38.7 Å². The summed E-state index contributed by atoms with van der Waals surface area (Å²) in [6, 6.07) is 0. The topological polar surface area (TPSA) is 98.9 Å². The van der Waals surface area contributed by atoms with Gasteiger partial charge in [0.1, 0.15) is 11.4 Å². The van der Waals surface area contributed by atoms with Crippen LogP contribution in [0.3, 0.4) is 0 Å². The fraction of sp³-hybridized carbons (Fsp3) is 0.471. The summed E-state index contributed by atoms with van der Waals surface area (Å²) in [5.74, 6) is -9.73. The summed E-state index contributed by atoms with van der Waals surface area (Å²) in [4.78, 5) is 38.3. The van der Waals surface area contributed by atoms with Crippen LogP contribution in [-0.2, 0) is 9.53 Å². The molecule has 1 atom stereocenters. The second-order valence-corrected chi connectivity index (χ2v) is 5.56. The van der Waals surface area contributed by atoms with Crippen molar-refractivity contribution >= 4 is 23.7 Å². The van der Waals surface area contributed by atoms with Gasteiger partial charge in [0.2, 0.25) is 5.82 Å². The number of halogens is 3. The molecule has 0 aliphatic heterocycles. The highest BCUT2D eigenvalue weighted by Crippen LogP contribution is 2.32. The molecular weight excluding hydrogens is 369 g/mol. The van der Waals surface area contributed by atoms with Gasteiger partial charge < -0.3 is 4.74 Å². The minimum Gasteiger partial charge on any atom is -0.465 e. The van der Waals surface area contributed by atoms with Crippen LogP contribution in [0.1, 0.15) is 42.6 Å². The molecule has 0 aromatic heterocycles. The summed E-state index contributed by atoms with van der Waals surface area (Å²) < 4.78 is 47.0. The van der Waals surface area contributed by atoms with Crippen molar-refractivity contribution in [3.8, 4) is 0 Å². The van der Waals surface area contributed by atoms with Gasteiger partial charge in [-0.05, 0) is 20.3 Å². The molecule has 148 valence electrons. The molecule has 0 heterocycles. The number of ether oxygens (including phenoxy) is 1. The lowest BCUT2D eigenvalue weighted by atomic mass is 9.94. The number of nitro groups is 1. The van der Waals surface area contributed by atoms with E-state index in [2.05, 4.69) is 4.99 Å². The third-order valence-electron chi connectivity index (χ3n) is 3.66. The Labute approximate surface area is 153 Å². The van der Waals surface area contributed by atoms with Gasteiger partial charge in [0.25, 0.3) is 0 Å². The number of carbonyl (C=O) groups is 2. The van der Waals surface area contributed by atoms with Crippen LogP contribution in [0.4, 0.5) is 18.9 Å². The molecule has 0 fully saturated rings. The summed E-state index contributed by atoms with van der Waals surface area (Å²) in [7, 11) is 0. The molecule has 0 bridgehead atoms. The molecule has 0 spiro atoms. The molecule has 27 heavy (non-hydrogen) atoms. The molecule has 1 unspecified atom stereocenters. The monoisotopic (exact) mass is 388 g/mol. The van der Waals surface area contributed by atoms with E-state index in [1.54, 1.807) is 6.92 Å². The summed E-state index contributed by atoms with van der Waals surface area (Å²) in [5.41, 5.74) is -3.90. The van der Waals surface area contributed by atoms with E-state index >= 15 is 0 Å². The highest BCUT2D eigenvalue weighted by atomic mass is 19.2. The molecule has 1 aromatic carbocycles. The Morgan fingerprint density at radius 3 is 2.37 bits per heavy atom. The largest absolute Gasteiger partial charge is 0.465 e. The van der Waals surface area contributed by atoms with Gasteiger partial charge in [0.15, 0.2) is 17.5 Å². The highest BCUT2D eigenvalue weighted by Gasteiger charge is 2.39. The van der Waals surface area contributed by atoms with E-state index in [1.165, 1.54) is 0 Å². The average Bonchev–Trinajstić information content (AvgIpc) is 2.62. The van der Waals surface area contributed by atoms with Crippen LogP contribution in [0.2, 0.25) is 0 Å². The number of ketones is 1. The van der Waals surface area contributed by atoms with Crippen molar-refractivity contribution in [1.82, 2.24) is 0 Å². The second kappa shape index (κ2) is 9.79. The summed E-state index contributed by atoms with van der Waals surface area (Å²) in [6.07, 6.45) is 2.05. The molecule has 1 aromatic rings. The van der Waals surface area contributed by atoms with E-state index in [0.717, 1.165) is 13.1 Å². The maximum absolute atomic E-state index is 14.4. The number of Topliss-reactive ketones (excluding diaryl/α,β-unsaturated/α-hetero) is 1. The molecule has 0 saturated heterocycles. The third-order valence-corrected chi connectivity index (χ3v) is 3.66. The van der Waals surface area contributed by atoms with Crippen molar-refractivity contribution in [1.29, 1.82) is 0 Å². The Morgan fingerprint density at radius 1 is 1.22 bits per heavy atom. The second-order valence-electron chi connectivity index (χ2n) is 5.56. The number of unbranched alkanes of at least 4 members (excludes halogenated alkanes) is 1. The van der Waals surface area contributed by atoms with E-state index in [-0.39, 0.29) is 13.2 Å². The average molecular weight is 388 g/mol. The molecule has 0 aliphatic rings. The lowest BCUT2D eigenvalue weighted by Gasteiger charge is -2.13. The van der Waals surface area contributed by atoms with Gasteiger partial charge >= 0.3 is 11.7 Å². The van der Waals surface area contributed by atoms with Crippen molar-refractivity contribution < 1.29 is 32.4 Å². The highest BCUT2D eigenvalue weighted by molar-refractivity contribution is 6.20. The lowest BCUT2D eigenvalue weighted by Crippen LogP contribution is -2.30. The quantitative estimate of drug-likeness (QED) is 0.0941. The van der Waals surface area contributed by atoms with Crippen LogP contribution in [-0.4, -0.2) is 36.0 Å². The first-order valence-electron chi connectivity index (χ1n) is 8.21. The number of esters is 1. The number of rotatable bonds is 9. The number of benzene rings is 1. The molecule has 7 nitrogen and oxygen atoms in total. The van der Waals surface area contributed by atoms with Gasteiger partial charge in [-0.15, -0.1) is 0 Å². The van der Waals surface area contributed by atoms with Crippen LogP contribution in [0.15, 0.2) is 4.99 Å². The smallest absolute Gasteiger partial charge is 0.322 e. The SMILES string of the molecule is CCCCOC(=O)C(C=NCC)C(=O)c1c(F)c(C)c(F)c(F)c1[N+](=O)[O-]. The van der Waals surface area contributed by atoms with Crippen molar-refractivity contribution in [2.45, 2.75) is 33.6 Å². The maximum Gasteiger partial charge on any atom is 0.322 e. The molecular formula is C17H19F3N2O5. The zero-order valence-electron chi connectivity index (χ0n) is 15.1. The minimum absolute atomic E-state index is 0.0273. The third kappa shape index (κ3) is 4.89.